The van der Waals surface area contributed by atoms with Gasteiger partial charge >= 0.3 is 0 Å². The van der Waals surface area contributed by atoms with Crippen molar-refractivity contribution in [1.82, 2.24) is 4.98 Å². The first-order chi connectivity index (χ1) is 8.17. The predicted molar refractivity (Wildman–Crippen MR) is 75.9 cm³/mol. The van der Waals surface area contributed by atoms with Crippen molar-refractivity contribution < 1.29 is 0 Å². The van der Waals surface area contributed by atoms with Crippen LogP contribution in [0, 0.1) is 6.92 Å². The zero-order valence-corrected chi connectivity index (χ0v) is 11.4. The second-order valence-electron chi connectivity index (χ2n) is 3.82. The van der Waals surface area contributed by atoms with Crippen LogP contribution in [0.5, 0.6) is 0 Å². The highest BCUT2D eigenvalue weighted by atomic mass is 79.9. The number of hydrogen-bond donors (Lipinski definition) is 2. The molecule has 17 heavy (non-hydrogen) atoms. The third-order valence-electron chi connectivity index (χ3n) is 2.35. The van der Waals surface area contributed by atoms with Crippen molar-refractivity contribution in [3.63, 3.8) is 0 Å². The Morgan fingerprint density at radius 3 is 2.65 bits per heavy atom. The number of nitrogens with one attached hydrogen (secondary N) is 2. The molecule has 0 atom stereocenters. The second-order valence-corrected chi connectivity index (χ2v) is 4.74. The monoisotopic (exact) mass is 291 g/mol. The Morgan fingerprint density at radius 2 is 1.94 bits per heavy atom. The van der Waals surface area contributed by atoms with Crippen molar-refractivity contribution in [2.75, 3.05) is 17.7 Å². The van der Waals surface area contributed by atoms with Gasteiger partial charge in [-0.25, -0.2) is 4.98 Å². The zero-order valence-electron chi connectivity index (χ0n) is 9.79. The average molecular weight is 292 g/mol. The maximum Gasteiger partial charge on any atom is 0.127 e. The van der Waals surface area contributed by atoms with E-state index in [-0.39, 0.29) is 0 Å². The van der Waals surface area contributed by atoms with E-state index >= 15 is 0 Å². The molecule has 2 aromatic rings. The maximum absolute atomic E-state index is 4.17. The minimum absolute atomic E-state index is 0.849. The van der Waals surface area contributed by atoms with Gasteiger partial charge in [0.25, 0.3) is 0 Å². The van der Waals surface area contributed by atoms with Crippen molar-refractivity contribution in [2.24, 2.45) is 0 Å². The van der Waals surface area contributed by atoms with E-state index in [0.29, 0.717) is 0 Å². The van der Waals surface area contributed by atoms with E-state index in [4.69, 9.17) is 0 Å². The van der Waals surface area contributed by atoms with Crippen LogP contribution < -0.4 is 10.6 Å². The summed E-state index contributed by atoms with van der Waals surface area (Å²) in [5.41, 5.74) is 3.29. The minimum atomic E-state index is 0.849. The lowest BCUT2D eigenvalue weighted by Crippen LogP contribution is -1.95. The molecule has 1 heterocycles. The van der Waals surface area contributed by atoms with E-state index in [1.54, 1.807) is 6.20 Å². The fraction of sp³-hybridized carbons (Fsp3) is 0.154. The molecule has 0 fully saturated rings. The number of halogens is 1. The lowest BCUT2D eigenvalue weighted by atomic mass is 10.2. The number of hydrogen-bond acceptors (Lipinski definition) is 3. The normalized spacial score (nSPS) is 10.1. The van der Waals surface area contributed by atoms with Gasteiger partial charge in [0.1, 0.15) is 5.82 Å². The lowest BCUT2D eigenvalue weighted by Gasteiger charge is -2.09. The molecule has 88 valence electrons. The summed E-state index contributed by atoms with van der Waals surface area (Å²) in [7, 11) is 1.86. The Kier molecular flexibility index (Phi) is 3.64. The van der Waals surface area contributed by atoms with Gasteiger partial charge in [-0.1, -0.05) is 15.9 Å². The van der Waals surface area contributed by atoms with Crippen LogP contribution in [0.15, 0.2) is 41.0 Å². The number of anilines is 3. The Hall–Kier alpha value is -1.55. The summed E-state index contributed by atoms with van der Waals surface area (Å²) in [6.07, 6.45) is 1.78. The van der Waals surface area contributed by atoms with Crippen LogP contribution in [-0.4, -0.2) is 12.0 Å². The molecule has 0 bridgehead atoms. The second kappa shape index (κ2) is 5.19. The van der Waals surface area contributed by atoms with Gasteiger partial charge in [0.2, 0.25) is 0 Å². The van der Waals surface area contributed by atoms with Crippen LogP contribution >= 0.6 is 15.9 Å². The molecule has 0 spiro atoms. The van der Waals surface area contributed by atoms with Gasteiger partial charge in [-0.15, -0.1) is 0 Å². The molecule has 4 heteroatoms. The number of aromatic nitrogens is 1. The highest BCUT2D eigenvalue weighted by molar-refractivity contribution is 9.10. The molecule has 0 aliphatic rings. The number of nitrogens with zero attached hydrogens (tertiary/aromatic N) is 1. The summed E-state index contributed by atoms with van der Waals surface area (Å²) < 4.78 is 1.07. The molecule has 0 saturated carbocycles. The quantitative estimate of drug-likeness (QED) is 0.899. The van der Waals surface area contributed by atoms with Crippen LogP contribution in [0.2, 0.25) is 0 Å². The lowest BCUT2D eigenvalue weighted by molar-refractivity contribution is 1.28. The number of aryl methyl sites for hydroxylation is 1. The molecule has 1 aromatic carbocycles. The van der Waals surface area contributed by atoms with Crippen molar-refractivity contribution >= 4 is 33.1 Å². The van der Waals surface area contributed by atoms with Gasteiger partial charge in [0.15, 0.2) is 0 Å². The first-order valence-electron chi connectivity index (χ1n) is 5.35. The highest BCUT2D eigenvalue weighted by Crippen LogP contribution is 2.23. The fourth-order valence-electron chi connectivity index (χ4n) is 1.62. The Bertz CT molecular complexity index is 506. The van der Waals surface area contributed by atoms with Crippen molar-refractivity contribution in [2.45, 2.75) is 6.92 Å². The van der Waals surface area contributed by atoms with Crippen LogP contribution in [0.4, 0.5) is 17.2 Å². The van der Waals surface area contributed by atoms with Crippen LogP contribution in [0.1, 0.15) is 5.56 Å². The largest absolute Gasteiger partial charge is 0.373 e. The molecule has 0 unspecified atom stereocenters. The predicted octanol–water partition coefficient (Wildman–Crippen LogP) is 3.94. The van der Waals surface area contributed by atoms with Gasteiger partial charge in [0, 0.05) is 35.2 Å². The van der Waals surface area contributed by atoms with Crippen molar-refractivity contribution in [3.05, 3.63) is 46.6 Å². The van der Waals surface area contributed by atoms with E-state index in [1.807, 2.05) is 25.2 Å². The summed E-state index contributed by atoms with van der Waals surface area (Å²) in [6.45, 7) is 2.07. The van der Waals surface area contributed by atoms with Gasteiger partial charge < -0.3 is 10.6 Å². The van der Waals surface area contributed by atoms with E-state index in [2.05, 4.69) is 50.6 Å². The van der Waals surface area contributed by atoms with Gasteiger partial charge in [-0.2, -0.15) is 0 Å². The summed E-state index contributed by atoms with van der Waals surface area (Å²) in [4.78, 5) is 4.17. The topological polar surface area (TPSA) is 37.0 Å². The molecule has 0 saturated heterocycles. The van der Waals surface area contributed by atoms with Crippen LogP contribution in [0.25, 0.3) is 0 Å². The van der Waals surface area contributed by atoms with E-state index in [9.17, 15) is 0 Å². The zero-order chi connectivity index (χ0) is 12.3. The van der Waals surface area contributed by atoms with E-state index in [0.717, 1.165) is 21.7 Å². The Labute approximate surface area is 109 Å². The van der Waals surface area contributed by atoms with Gasteiger partial charge in [-0.3, -0.25) is 0 Å². The minimum Gasteiger partial charge on any atom is -0.373 e. The third-order valence-corrected chi connectivity index (χ3v) is 2.80. The summed E-state index contributed by atoms with van der Waals surface area (Å²) >= 11 is 3.49. The molecule has 0 aliphatic heterocycles. The average Bonchev–Trinajstić information content (AvgIpc) is 2.28. The standard InChI is InChI=1S/C13H14BrN3/c1-9-5-10(14)7-12(6-9)17-11-3-4-16-13(8-11)15-2/h3-8H,1-2H3,(H2,15,16,17). The fourth-order valence-corrected chi connectivity index (χ4v) is 2.23. The van der Waals surface area contributed by atoms with Crippen molar-refractivity contribution in [1.29, 1.82) is 0 Å². The number of rotatable bonds is 3. The molecule has 1 aromatic heterocycles. The SMILES string of the molecule is CNc1cc(Nc2cc(C)cc(Br)c2)ccn1. The third kappa shape index (κ3) is 3.20. The van der Waals surface area contributed by atoms with Gasteiger partial charge in [-0.05, 0) is 36.8 Å². The molecule has 2 N–H and O–H groups in total. The van der Waals surface area contributed by atoms with Crippen LogP contribution in [0.3, 0.4) is 0 Å². The molecular weight excluding hydrogens is 278 g/mol. The smallest absolute Gasteiger partial charge is 0.127 e. The molecule has 0 aliphatic carbocycles. The molecular formula is C13H14BrN3. The summed E-state index contributed by atoms with van der Waals surface area (Å²) in [5, 5.41) is 6.37. The molecule has 0 radical (unpaired) electrons. The highest BCUT2D eigenvalue weighted by Gasteiger charge is 1.99. The maximum atomic E-state index is 4.17. The summed E-state index contributed by atoms with van der Waals surface area (Å²) in [5.74, 6) is 0.849. The first-order valence-corrected chi connectivity index (χ1v) is 6.15. The van der Waals surface area contributed by atoms with Gasteiger partial charge in [0.05, 0.1) is 0 Å². The van der Waals surface area contributed by atoms with E-state index < -0.39 is 0 Å². The Morgan fingerprint density at radius 1 is 1.12 bits per heavy atom. The van der Waals surface area contributed by atoms with Crippen LogP contribution in [-0.2, 0) is 0 Å². The summed E-state index contributed by atoms with van der Waals surface area (Å²) in [6, 6.07) is 10.1. The molecule has 2 rings (SSSR count). The van der Waals surface area contributed by atoms with E-state index in [1.165, 1.54) is 5.56 Å². The Balaban J connectivity index is 2.24. The molecule has 0 amide bonds. The molecule has 3 nitrogen and oxygen atoms in total. The number of benzene rings is 1. The number of pyridine rings is 1. The first kappa shape index (κ1) is 11.9. The van der Waals surface area contributed by atoms with Crippen molar-refractivity contribution in [3.8, 4) is 0 Å².